The van der Waals surface area contributed by atoms with Gasteiger partial charge in [-0.2, -0.15) is 0 Å². The molecule has 3 rings (SSSR count). The highest BCUT2D eigenvalue weighted by Crippen LogP contribution is 2.36. The number of nitrogens with zero attached hydrogens (tertiary/aromatic N) is 2. The zero-order valence-electron chi connectivity index (χ0n) is 14.4. The highest BCUT2D eigenvalue weighted by molar-refractivity contribution is 5.93. The Bertz CT molecular complexity index is 685. The van der Waals surface area contributed by atoms with Crippen LogP contribution in [0.1, 0.15) is 43.6 Å². The molecular formula is C19H27N3O. The molecule has 0 radical (unpaired) electrons. The Morgan fingerprint density at radius 1 is 1.26 bits per heavy atom. The fourth-order valence-electron chi connectivity index (χ4n) is 3.75. The number of benzene rings is 1. The second kappa shape index (κ2) is 6.85. The van der Waals surface area contributed by atoms with Crippen LogP contribution >= 0.6 is 0 Å². The lowest BCUT2D eigenvalue weighted by Crippen LogP contribution is -2.46. The molecule has 1 aliphatic heterocycles. The Labute approximate surface area is 138 Å². The number of carbonyl (C=O) groups is 1. The van der Waals surface area contributed by atoms with Gasteiger partial charge < -0.3 is 5.32 Å². The second-order valence-electron chi connectivity index (χ2n) is 6.61. The zero-order valence-corrected chi connectivity index (χ0v) is 14.4. The first kappa shape index (κ1) is 16.2. The van der Waals surface area contributed by atoms with Crippen LogP contribution in [0.2, 0.25) is 0 Å². The van der Waals surface area contributed by atoms with Crippen molar-refractivity contribution in [3.05, 3.63) is 36.0 Å². The fraction of sp³-hybridized carbons (Fsp3) is 0.526. The molecule has 0 aliphatic carbocycles. The van der Waals surface area contributed by atoms with E-state index in [-0.39, 0.29) is 5.91 Å². The Hall–Kier alpha value is -1.65. The van der Waals surface area contributed by atoms with Crippen molar-refractivity contribution in [1.29, 1.82) is 0 Å². The van der Waals surface area contributed by atoms with Crippen molar-refractivity contribution in [2.45, 2.75) is 33.2 Å². The molecule has 1 saturated heterocycles. The number of nitrogens with one attached hydrogen (secondary N) is 1. The first-order valence-electron chi connectivity index (χ1n) is 8.69. The molecule has 2 heterocycles. The standard InChI is InChI=1S/C19H27N3O/c1-4-14(2)19(21-11-9-20-10-12-21)17-13-22(15(3)23)18-8-6-5-7-16(17)18/h5-8,13-14,19-20H,4,9-12H2,1-3H3/t14?,19-/m1/s1. The molecule has 1 unspecified atom stereocenters. The molecule has 4 nitrogen and oxygen atoms in total. The van der Waals surface area contributed by atoms with E-state index in [0.29, 0.717) is 12.0 Å². The van der Waals surface area contributed by atoms with Gasteiger partial charge in [0.15, 0.2) is 0 Å². The van der Waals surface area contributed by atoms with E-state index in [1.54, 1.807) is 6.92 Å². The maximum Gasteiger partial charge on any atom is 0.227 e. The van der Waals surface area contributed by atoms with E-state index >= 15 is 0 Å². The highest BCUT2D eigenvalue weighted by Gasteiger charge is 2.29. The van der Waals surface area contributed by atoms with Crippen LogP contribution in [-0.2, 0) is 0 Å². The fourth-order valence-corrected chi connectivity index (χ4v) is 3.75. The predicted octanol–water partition coefficient (Wildman–Crippen LogP) is 3.29. The smallest absolute Gasteiger partial charge is 0.227 e. The number of hydrogen-bond donors (Lipinski definition) is 1. The first-order valence-corrected chi connectivity index (χ1v) is 8.69. The van der Waals surface area contributed by atoms with E-state index in [9.17, 15) is 4.79 Å². The number of fused-ring (bicyclic) bond motifs is 1. The second-order valence-corrected chi connectivity index (χ2v) is 6.61. The SMILES string of the molecule is CCC(C)[C@H](c1cn(C(C)=O)c2ccccc12)N1CCNCC1. The minimum Gasteiger partial charge on any atom is -0.314 e. The van der Waals surface area contributed by atoms with Crippen molar-refractivity contribution in [3.8, 4) is 0 Å². The minimum atomic E-state index is 0.0793. The normalized spacial score (nSPS) is 18.9. The molecule has 0 bridgehead atoms. The van der Waals surface area contributed by atoms with Crippen LogP contribution in [-0.4, -0.2) is 41.6 Å². The van der Waals surface area contributed by atoms with Gasteiger partial charge in [0.2, 0.25) is 5.91 Å². The van der Waals surface area contributed by atoms with Gasteiger partial charge in [-0.1, -0.05) is 38.5 Å². The summed E-state index contributed by atoms with van der Waals surface area (Å²) in [4.78, 5) is 14.6. The van der Waals surface area contributed by atoms with Crippen LogP contribution < -0.4 is 5.32 Å². The van der Waals surface area contributed by atoms with Gasteiger partial charge in [-0.25, -0.2) is 0 Å². The van der Waals surface area contributed by atoms with Gasteiger partial charge in [0.1, 0.15) is 0 Å². The quantitative estimate of drug-likeness (QED) is 0.941. The van der Waals surface area contributed by atoms with Crippen LogP contribution in [0.4, 0.5) is 0 Å². The molecule has 0 spiro atoms. The van der Waals surface area contributed by atoms with E-state index in [1.165, 1.54) is 10.9 Å². The lowest BCUT2D eigenvalue weighted by atomic mass is 9.90. The van der Waals surface area contributed by atoms with Gasteiger partial charge in [-0.3, -0.25) is 14.3 Å². The summed E-state index contributed by atoms with van der Waals surface area (Å²) in [6.07, 6.45) is 3.21. The molecule has 1 fully saturated rings. The van der Waals surface area contributed by atoms with Crippen molar-refractivity contribution < 1.29 is 4.79 Å². The van der Waals surface area contributed by atoms with Gasteiger partial charge in [-0.05, 0) is 17.5 Å². The topological polar surface area (TPSA) is 37.3 Å². The highest BCUT2D eigenvalue weighted by atomic mass is 16.1. The van der Waals surface area contributed by atoms with E-state index in [4.69, 9.17) is 0 Å². The van der Waals surface area contributed by atoms with Gasteiger partial charge in [-0.15, -0.1) is 0 Å². The minimum absolute atomic E-state index is 0.0793. The van der Waals surface area contributed by atoms with Crippen molar-refractivity contribution in [2.75, 3.05) is 26.2 Å². The van der Waals surface area contributed by atoms with Gasteiger partial charge >= 0.3 is 0 Å². The largest absolute Gasteiger partial charge is 0.314 e. The van der Waals surface area contributed by atoms with E-state index in [1.807, 2.05) is 16.7 Å². The summed E-state index contributed by atoms with van der Waals surface area (Å²) in [5.41, 5.74) is 2.32. The number of hydrogen-bond acceptors (Lipinski definition) is 3. The maximum absolute atomic E-state index is 12.1. The molecule has 1 aliphatic rings. The van der Waals surface area contributed by atoms with Crippen LogP contribution in [0.25, 0.3) is 10.9 Å². The Morgan fingerprint density at radius 3 is 2.61 bits per heavy atom. The summed E-state index contributed by atoms with van der Waals surface area (Å²) in [7, 11) is 0. The van der Waals surface area contributed by atoms with Crippen molar-refractivity contribution in [2.24, 2.45) is 5.92 Å². The molecule has 2 aromatic rings. The monoisotopic (exact) mass is 313 g/mol. The average molecular weight is 313 g/mol. The summed E-state index contributed by atoms with van der Waals surface area (Å²) >= 11 is 0. The Kier molecular flexibility index (Phi) is 4.83. The van der Waals surface area contributed by atoms with Crippen molar-refractivity contribution in [1.82, 2.24) is 14.8 Å². The van der Waals surface area contributed by atoms with E-state index < -0.39 is 0 Å². The molecule has 1 N–H and O–H groups in total. The molecule has 0 saturated carbocycles. The third-order valence-corrected chi connectivity index (χ3v) is 5.13. The van der Waals surface area contributed by atoms with Crippen LogP contribution in [0, 0.1) is 5.92 Å². The summed E-state index contributed by atoms with van der Waals surface area (Å²) < 4.78 is 1.81. The molecule has 2 atom stereocenters. The third kappa shape index (κ3) is 3.06. The van der Waals surface area contributed by atoms with Gasteiger partial charge in [0, 0.05) is 50.7 Å². The third-order valence-electron chi connectivity index (χ3n) is 5.13. The number of piperazine rings is 1. The van der Waals surface area contributed by atoms with Gasteiger partial charge in [0.25, 0.3) is 0 Å². The van der Waals surface area contributed by atoms with Crippen LogP contribution in [0.5, 0.6) is 0 Å². The summed E-state index contributed by atoms with van der Waals surface area (Å²) in [6, 6.07) is 8.65. The molecule has 0 amide bonds. The molecular weight excluding hydrogens is 286 g/mol. The number of para-hydroxylation sites is 1. The van der Waals surface area contributed by atoms with Crippen molar-refractivity contribution >= 4 is 16.8 Å². The zero-order chi connectivity index (χ0) is 16.4. The molecule has 23 heavy (non-hydrogen) atoms. The lowest BCUT2D eigenvalue weighted by molar-refractivity contribution is 0.0940. The molecule has 1 aromatic heterocycles. The van der Waals surface area contributed by atoms with Gasteiger partial charge in [0.05, 0.1) is 5.52 Å². The number of rotatable bonds is 4. The predicted molar refractivity (Wildman–Crippen MR) is 94.9 cm³/mol. The number of aromatic nitrogens is 1. The average Bonchev–Trinajstić information content (AvgIpc) is 2.96. The Balaban J connectivity index is 2.11. The first-order chi connectivity index (χ1) is 11.1. The molecule has 1 aromatic carbocycles. The summed E-state index contributed by atoms with van der Waals surface area (Å²) in [5, 5.41) is 4.65. The summed E-state index contributed by atoms with van der Waals surface area (Å²) in [6.45, 7) is 10.4. The van der Waals surface area contributed by atoms with E-state index in [0.717, 1.165) is 38.1 Å². The lowest BCUT2D eigenvalue weighted by Gasteiger charge is -2.38. The number of carbonyl (C=O) groups excluding carboxylic acids is 1. The van der Waals surface area contributed by atoms with E-state index in [2.05, 4.69) is 42.4 Å². The van der Waals surface area contributed by atoms with Crippen LogP contribution in [0.3, 0.4) is 0 Å². The van der Waals surface area contributed by atoms with Crippen LogP contribution in [0.15, 0.2) is 30.5 Å². The molecule has 4 heteroatoms. The summed E-state index contributed by atoms with van der Waals surface area (Å²) in [5.74, 6) is 0.634. The Morgan fingerprint density at radius 2 is 1.96 bits per heavy atom. The van der Waals surface area contributed by atoms with Crippen molar-refractivity contribution in [3.63, 3.8) is 0 Å². The molecule has 124 valence electrons. The maximum atomic E-state index is 12.1.